The van der Waals surface area contributed by atoms with Gasteiger partial charge in [0, 0.05) is 30.7 Å². The molecule has 0 fully saturated rings. The summed E-state index contributed by atoms with van der Waals surface area (Å²) < 4.78 is 16.0. The van der Waals surface area contributed by atoms with Gasteiger partial charge in [-0.05, 0) is 30.5 Å². The van der Waals surface area contributed by atoms with Crippen molar-refractivity contribution in [3.8, 4) is 17.2 Å². The predicted octanol–water partition coefficient (Wildman–Crippen LogP) is 2.70. The second kappa shape index (κ2) is 10.2. The smallest absolute Gasteiger partial charge is 0.335 e. The largest absolute Gasteiger partial charge is 0.496 e. The number of carboxylic acids is 1. The van der Waals surface area contributed by atoms with E-state index in [9.17, 15) is 9.59 Å². The molecule has 0 aliphatic rings. The average molecular weight is 387 g/mol. The van der Waals surface area contributed by atoms with Crippen LogP contribution in [0, 0.1) is 0 Å². The van der Waals surface area contributed by atoms with Crippen molar-refractivity contribution in [2.75, 3.05) is 27.9 Å². The van der Waals surface area contributed by atoms with Gasteiger partial charge in [0.15, 0.2) is 0 Å². The van der Waals surface area contributed by atoms with Gasteiger partial charge in [0.2, 0.25) is 5.91 Å². The minimum atomic E-state index is -0.964. The van der Waals surface area contributed by atoms with Crippen molar-refractivity contribution in [2.24, 2.45) is 0 Å². The molecule has 2 aromatic carbocycles. The maximum Gasteiger partial charge on any atom is 0.335 e. The molecule has 0 aliphatic carbocycles. The number of methoxy groups -OCH3 is 3. The third-order valence-electron chi connectivity index (χ3n) is 4.36. The number of carbonyl (C=O) groups excluding carboxylic acids is 1. The van der Waals surface area contributed by atoms with Crippen LogP contribution >= 0.6 is 0 Å². The Morgan fingerprint density at radius 1 is 0.929 bits per heavy atom. The zero-order valence-electron chi connectivity index (χ0n) is 16.3. The van der Waals surface area contributed by atoms with E-state index in [-0.39, 0.29) is 11.5 Å². The molecule has 0 radical (unpaired) electrons. The minimum absolute atomic E-state index is 0.0752. The molecule has 2 aromatic rings. The van der Waals surface area contributed by atoms with Gasteiger partial charge in [0.05, 0.1) is 26.9 Å². The molecule has 0 saturated heterocycles. The van der Waals surface area contributed by atoms with Crippen LogP contribution in [0.2, 0.25) is 0 Å². The topological polar surface area (TPSA) is 94.1 Å². The summed E-state index contributed by atoms with van der Waals surface area (Å²) in [5, 5.41) is 11.8. The highest BCUT2D eigenvalue weighted by molar-refractivity contribution is 5.87. The Balaban J connectivity index is 1.87. The van der Waals surface area contributed by atoms with Crippen LogP contribution in [0.25, 0.3) is 0 Å². The van der Waals surface area contributed by atoms with E-state index in [1.807, 2.05) is 0 Å². The second-order valence-electron chi connectivity index (χ2n) is 6.11. The van der Waals surface area contributed by atoms with Gasteiger partial charge < -0.3 is 24.6 Å². The molecule has 0 saturated carbocycles. The van der Waals surface area contributed by atoms with Crippen LogP contribution in [0.5, 0.6) is 17.2 Å². The van der Waals surface area contributed by atoms with Crippen molar-refractivity contribution in [1.29, 1.82) is 0 Å². The van der Waals surface area contributed by atoms with E-state index >= 15 is 0 Å². The SMILES string of the molecule is COc1cc(OC)c(CCNC(=O)CCc2ccc(C(=O)O)cc2)c(OC)c1. The summed E-state index contributed by atoms with van der Waals surface area (Å²) >= 11 is 0. The molecule has 7 nitrogen and oxygen atoms in total. The number of hydrogen-bond donors (Lipinski definition) is 2. The summed E-state index contributed by atoms with van der Waals surface area (Å²) in [5.74, 6) is 0.880. The van der Waals surface area contributed by atoms with E-state index in [0.717, 1.165) is 11.1 Å². The Morgan fingerprint density at radius 3 is 2.04 bits per heavy atom. The van der Waals surface area contributed by atoms with Gasteiger partial charge in [0.1, 0.15) is 17.2 Å². The van der Waals surface area contributed by atoms with Crippen molar-refractivity contribution in [3.63, 3.8) is 0 Å². The van der Waals surface area contributed by atoms with Gasteiger partial charge in [0.25, 0.3) is 0 Å². The van der Waals surface area contributed by atoms with E-state index in [2.05, 4.69) is 5.32 Å². The molecule has 0 heterocycles. The van der Waals surface area contributed by atoms with E-state index < -0.39 is 5.97 Å². The summed E-state index contributed by atoms with van der Waals surface area (Å²) in [4.78, 5) is 23.0. The standard InChI is InChI=1S/C21H25NO6/c1-26-16-12-18(27-2)17(19(13-16)28-3)10-11-22-20(23)9-6-14-4-7-15(8-5-14)21(24)25/h4-5,7-8,12-13H,6,9-11H2,1-3H3,(H,22,23)(H,24,25). The van der Waals surface area contributed by atoms with Crippen molar-refractivity contribution >= 4 is 11.9 Å². The zero-order chi connectivity index (χ0) is 20.5. The van der Waals surface area contributed by atoms with E-state index in [1.165, 1.54) is 12.1 Å². The Morgan fingerprint density at radius 2 is 1.54 bits per heavy atom. The fraction of sp³-hybridized carbons (Fsp3) is 0.333. The normalized spacial score (nSPS) is 10.2. The number of ether oxygens (including phenoxy) is 3. The van der Waals surface area contributed by atoms with E-state index in [0.29, 0.717) is 43.1 Å². The zero-order valence-corrected chi connectivity index (χ0v) is 16.3. The number of benzene rings is 2. The van der Waals surface area contributed by atoms with Crippen molar-refractivity contribution in [3.05, 3.63) is 53.1 Å². The molecule has 0 bridgehead atoms. The maximum atomic E-state index is 12.1. The highest BCUT2D eigenvalue weighted by atomic mass is 16.5. The highest BCUT2D eigenvalue weighted by Gasteiger charge is 2.13. The first-order valence-electron chi connectivity index (χ1n) is 8.86. The number of nitrogens with one attached hydrogen (secondary N) is 1. The van der Waals surface area contributed by atoms with Crippen LogP contribution in [-0.2, 0) is 17.6 Å². The molecule has 2 rings (SSSR count). The number of rotatable bonds is 10. The number of aryl methyl sites for hydroxylation is 1. The van der Waals surface area contributed by atoms with Crippen LogP contribution in [0.15, 0.2) is 36.4 Å². The predicted molar refractivity (Wildman–Crippen MR) is 105 cm³/mol. The lowest BCUT2D eigenvalue weighted by molar-refractivity contribution is -0.121. The van der Waals surface area contributed by atoms with E-state index in [4.69, 9.17) is 19.3 Å². The van der Waals surface area contributed by atoms with Crippen LogP contribution in [0.1, 0.15) is 27.9 Å². The first-order chi connectivity index (χ1) is 13.5. The lowest BCUT2D eigenvalue weighted by Gasteiger charge is -2.15. The minimum Gasteiger partial charge on any atom is -0.496 e. The summed E-state index contributed by atoms with van der Waals surface area (Å²) in [7, 11) is 4.72. The summed E-state index contributed by atoms with van der Waals surface area (Å²) in [6, 6.07) is 10.1. The third kappa shape index (κ3) is 5.64. The molecule has 150 valence electrons. The lowest BCUT2D eigenvalue weighted by atomic mass is 10.1. The first kappa shape index (κ1) is 21.1. The Kier molecular flexibility index (Phi) is 7.68. The van der Waals surface area contributed by atoms with Crippen LogP contribution in [0.4, 0.5) is 0 Å². The number of carbonyl (C=O) groups is 2. The number of hydrogen-bond acceptors (Lipinski definition) is 5. The van der Waals surface area contributed by atoms with Gasteiger partial charge >= 0.3 is 5.97 Å². The highest BCUT2D eigenvalue weighted by Crippen LogP contribution is 2.34. The lowest BCUT2D eigenvalue weighted by Crippen LogP contribution is -2.26. The van der Waals surface area contributed by atoms with E-state index in [1.54, 1.807) is 45.6 Å². The molecule has 2 N–H and O–H groups in total. The monoisotopic (exact) mass is 387 g/mol. The quantitative estimate of drug-likeness (QED) is 0.651. The Bertz CT molecular complexity index is 791. The van der Waals surface area contributed by atoms with Crippen LogP contribution < -0.4 is 19.5 Å². The van der Waals surface area contributed by atoms with Gasteiger partial charge in [-0.2, -0.15) is 0 Å². The summed E-state index contributed by atoms with van der Waals surface area (Å²) in [6.45, 7) is 0.440. The summed E-state index contributed by atoms with van der Waals surface area (Å²) in [5.41, 5.74) is 2.00. The third-order valence-corrected chi connectivity index (χ3v) is 4.36. The van der Waals surface area contributed by atoms with Crippen LogP contribution in [-0.4, -0.2) is 44.9 Å². The average Bonchev–Trinajstić information content (AvgIpc) is 2.72. The first-order valence-corrected chi connectivity index (χ1v) is 8.86. The van der Waals surface area contributed by atoms with Gasteiger partial charge in [-0.1, -0.05) is 12.1 Å². The molecule has 1 amide bonds. The fourth-order valence-electron chi connectivity index (χ4n) is 2.81. The van der Waals surface area contributed by atoms with Crippen molar-refractivity contribution < 1.29 is 28.9 Å². The van der Waals surface area contributed by atoms with Crippen molar-refractivity contribution in [2.45, 2.75) is 19.3 Å². The molecule has 0 atom stereocenters. The maximum absolute atomic E-state index is 12.1. The van der Waals surface area contributed by atoms with Gasteiger partial charge in [-0.3, -0.25) is 4.79 Å². The van der Waals surface area contributed by atoms with Gasteiger partial charge in [-0.25, -0.2) is 4.79 Å². The fourth-order valence-corrected chi connectivity index (χ4v) is 2.81. The Hall–Kier alpha value is -3.22. The molecule has 0 aromatic heterocycles. The number of aromatic carboxylic acids is 1. The molecule has 0 spiro atoms. The van der Waals surface area contributed by atoms with Crippen LogP contribution in [0.3, 0.4) is 0 Å². The second-order valence-corrected chi connectivity index (χ2v) is 6.11. The Labute approximate surface area is 164 Å². The molecule has 28 heavy (non-hydrogen) atoms. The molecule has 0 unspecified atom stereocenters. The van der Waals surface area contributed by atoms with Crippen molar-refractivity contribution in [1.82, 2.24) is 5.32 Å². The van der Waals surface area contributed by atoms with Gasteiger partial charge in [-0.15, -0.1) is 0 Å². The number of carboxylic acid groups (broad SMARTS) is 1. The molecular formula is C21H25NO6. The molecular weight excluding hydrogens is 362 g/mol. The number of amides is 1. The molecule has 0 aliphatic heterocycles. The molecule has 7 heteroatoms. The summed E-state index contributed by atoms with van der Waals surface area (Å²) in [6.07, 6.45) is 1.42.